The molecule has 0 aliphatic heterocycles. The van der Waals surface area contributed by atoms with E-state index in [-0.39, 0.29) is 16.4 Å². The van der Waals surface area contributed by atoms with E-state index in [1.807, 2.05) is 12.1 Å². The topological polar surface area (TPSA) is 55.2 Å². The molecule has 0 amide bonds. The van der Waals surface area contributed by atoms with Gasteiger partial charge in [0, 0.05) is 23.7 Å². The number of nitro groups is 1. The largest absolute Gasteiger partial charge is 0.379 e. The number of nitrogens with zero attached hydrogens (tertiary/aromatic N) is 1. The van der Waals surface area contributed by atoms with Crippen LogP contribution in [0.15, 0.2) is 36.4 Å². The molecule has 1 N–H and O–H groups in total. The fraction of sp³-hybridized carbons (Fsp3) is 0.143. The standard InChI is InChI=1S/C14H11Cl2FN2O2/c15-10-3-1-9(2-4-10)5-6-18-13-8-12(17)11(16)7-14(13)19(20)21/h1-4,7-8,18H,5-6H2. The molecule has 4 nitrogen and oxygen atoms in total. The molecule has 0 saturated heterocycles. The quantitative estimate of drug-likeness (QED) is 0.639. The second-order valence-electron chi connectivity index (χ2n) is 4.34. The van der Waals surface area contributed by atoms with E-state index in [4.69, 9.17) is 23.2 Å². The van der Waals surface area contributed by atoms with Crippen molar-refractivity contribution in [1.29, 1.82) is 0 Å². The van der Waals surface area contributed by atoms with Gasteiger partial charge >= 0.3 is 0 Å². The van der Waals surface area contributed by atoms with Crippen LogP contribution in [0.2, 0.25) is 10.0 Å². The molecular weight excluding hydrogens is 318 g/mol. The summed E-state index contributed by atoms with van der Waals surface area (Å²) in [4.78, 5) is 10.3. The van der Waals surface area contributed by atoms with Gasteiger partial charge in [-0.3, -0.25) is 10.1 Å². The van der Waals surface area contributed by atoms with Crippen molar-refractivity contribution in [2.24, 2.45) is 0 Å². The lowest BCUT2D eigenvalue weighted by Crippen LogP contribution is -2.07. The maximum atomic E-state index is 13.4. The fourth-order valence-corrected chi connectivity index (χ4v) is 2.11. The Morgan fingerprint density at radius 2 is 1.86 bits per heavy atom. The van der Waals surface area contributed by atoms with E-state index >= 15 is 0 Å². The van der Waals surface area contributed by atoms with Crippen LogP contribution in [-0.2, 0) is 6.42 Å². The minimum absolute atomic E-state index is 0.107. The average Bonchev–Trinajstić information content (AvgIpc) is 2.44. The molecule has 0 aliphatic rings. The van der Waals surface area contributed by atoms with Crippen LogP contribution in [0.3, 0.4) is 0 Å². The van der Waals surface area contributed by atoms with Crippen molar-refractivity contribution in [3.8, 4) is 0 Å². The summed E-state index contributed by atoms with van der Waals surface area (Å²) in [5.41, 5.74) is 0.873. The molecule has 0 radical (unpaired) electrons. The molecule has 0 atom stereocenters. The molecule has 0 spiro atoms. The minimum atomic E-state index is -0.698. The van der Waals surface area contributed by atoms with Crippen molar-refractivity contribution in [1.82, 2.24) is 0 Å². The number of nitro benzene ring substituents is 1. The third-order valence-electron chi connectivity index (χ3n) is 2.88. The first-order chi connectivity index (χ1) is 9.97. The van der Waals surface area contributed by atoms with Gasteiger partial charge in [0.15, 0.2) is 0 Å². The number of nitrogens with one attached hydrogen (secondary N) is 1. The number of hydrogen-bond acceptors (Lipinski definition) is 3. The molecule has 0 aromatic heterocycles. The Balaban J connectivity index is 2.07. The van der Waals surface area contributed by atoms with Crippen LogP contribution in [0.5, 0.6) is 0 Å². The molecule has 2 aromatic carbocycles. The predicted molar refractivity (Wildman–Crippen MR) is 81.7 cm³/mol. The van der Waals surface area contributed by atoms with Crippen molar-refractivity contribution < 1.29 is 9.31 Å². The summed E-state index contributed by atoms with van der Waals surface area (Å²) in [6.45, 7) is 0.420. The van der Waals surface area contributed by atoms with Crippen LogP contribution < -0.4 is 5.32 Å². The number of hydrogen-bond donors (Lipinski definition) is 1. The smallest absolute Gasteiger partial charge is 0.294 e. The first kappa shape index (κ1) is 15.5. The lowest BCUT2D eigenvalue weighted by atomic mass is 10.1. The molecule has 110 valence electrons. The van der Waals surface area contributed by atoms with Gasteiger partial charge in [-0.15, -0.1) is 0 Å². The molecule has 2 rings (SSSR count). The Hall–Kier alpha value is -1.85. The number of anilines is 1. The van der Waals surface area contributed by atoms with Crippen LogP contribution in [0.4, 0.5) is 15.8 Å². The molecule has 0 heterocycles. The average molecular weight is 329 g/mol. The first-order valence-corrected chi connectivity index (χ1v) is 6.84. The Morgan fingerprint density at radius 1 is 1.19 bits per heavy atom. The second-order valence-corrected chi connectivity index (χ2v) is 5.19. The van der Waals surface area contributed by atoms with Crippen molar-refractivity contribution in [3.63, 3.8) is 0 Å². The molecule has 0 fully saturated rings. The number of halogens is 3. The monoisotopic (exact) mass is 328 g/mol. The van der Waals surface area contributed by atoms with E-state index in [0.717, 1.165) is 17.7 Å². The van der Waals surface area contributed by atoms with Gasteiger partial charge in [-0.2, -0.15) is 0 Å². The van der Waals surface area contributed by atoms with Gasteiger partial charge in [0.1, 0.15) is 11.5 Å². The van der Waals surface area contributed by atoms with Crippen LogP contribution >= 0.6 is 23.2 Å². The van der Waals surface area contributed by atoms with Crippen LogP contribution in [0, 0.1) is 15.9 Å². The van der Waals surface area contributed by atoms with Gasteiger partial charge in [-0.1, -0.05) is 35.3 Å². The second kappa shape index (κ2) is 6.74. The summed E-state index contributed by atoms with van der Waals surface area (Å²) in [6.07, 6.45) is 0.624. The lowest BCUT2D eigenvalue weighted by molar-refractivity contribution is -0.384. The molecule has 2 aromatic rings. The van der Waals surface area contributed by atoms with E-state index in [2.05, 4.69) is 5.32 Å². The van der Waals surface area contributed by atoms with Crippen molar-refractivity contribution >= 4 is 34.6 Å². The molecule has 0 saturated carbocycles. The Labute approximate surface area is 130 Å². The van der Waals surface area contributed by atoms with Crippen LogP contribution in [-0.4, -0.2) is 11.5 Å². The summed E-state index contributed by atoms with van der Waals surface area (Å²) in [5.74, 6) is -0.698. The lowest BCUT2D eigenvalue weighted by Gasteiger charge is -2.08. The van der Waals surface area contributed by atoms with Gasteiger partial charge in [-0.25, -0.2) is 4.39 Å². The van der Waals surface area contributed by atoms with Crippen molar-refractivity contribution in [2.75, 3.05) is 11.9 Å². The van der Waals surface area contributed by atoms with Gasteiger partial charge in [0.05, 0.1) is 9.95 Å². The highest BCUT2D eigenvalue weighted by Gasteiger charge is 2.17. The molecule has 0 aliphatic carbocycles. The van der Waals surface area contributed by atoms with Gasteiger partial charge in [-0.05, 0) is 24.1 Å². The fourth-order valence-electron chi connectivity index (χ4n) is 1.82. The maximum absolute atomic E-state index is 13.4. The van der Waals surface area contributed by atoms with Gasteiger partial charge in [0.2, 0.25) is 0 Å². The molecule has 0 bridgehead atoms. The van der Waals surface area contributed by atoms with E-state index in [9.17, 15) is 14.5 Å². The zero-order chi connectivity index (χ0) is 15.4. The highest BCUT2D eigenvalue weighted by Crippen LogP contribution is 2.30. The van der Waals surface area contributed by atoms with Crippen molar-refractivity contribution in [3.05, 3.63) is 67.9 Å². The summed E-state index contributed by atoms with van der Waals surface area (Å²) >= 11 is 11.3. The summed E-state index contributed by atoms with van der Waals surface area (Å²) in [7, 11) is 0. The Kier molecular flexibility index (Phi) is 4.98. The molecule has 0 unspecified atom stereocenters. The summed E-state index contributed by atoms with van der Waals surface area (Å²) < 4.78 is 13.4. The van der Waals surface area contributed by atoms with E-state index in [0.29, 0.717) is 18.0 Å². The van der Waals surface area contributed by atoms with Crippen LogP contribution in [0.1, 0.15) is 5.56 Å². The summed E-state index contributed by atoms with van der Waals surface area (Å²) in [6, 6.07) is 9.29. The number of rotatable bonds is 5. The normalized spacial score (nSPS) is 10.4. The summed E-state index contributed by atoms with van der Waals surface area (Å²) in [5, 5.41) is 14.1. The van der Waals surface area contributed by atoms with E-state index in [1.54, 1.807) is 12.1 Å². The van der Waals surface area contributed by atoms with E-state index in [1.165, 1.54) is 0 Å². The highest BCUT2D eigenvalue weighted by molar-refractivity contribution is 6.31. The highest BCUT2D eigenvalue weighted by atomic mass is 35.5. The minimum Gasteiger partial charge on any atom is -0.379 e. The third-order valence-corrected chi connectivity index (χ3v) is 3.42. The van der Waals surface area contributed by atoms with Gasteiger partial charge in [0.25, 0.3) is 5.69 Å². The molecular formula is C14H11Cl2FN2O2. The zero-order valence-corrected chi connectivity index (χ0v) is 12.3. The molecule has 21 heavy (non-hydrogen) atoms. The third kappa shape index (κ3) is 4.06. The zero-order valence-electron chi connectivity index (χ0n) is 10.8. The first-order valence-electron chi connectivity index (χ1n) is 6.09. The Morgan fingerprint density at radius 3 is 2.48 bits per heavy atom. The Bertz CT molecular complexity index is 663. The molecule has 7 heteroatoms. The van der Waals surface area contributed by atoms with Crippen LogP contribution in [0.25, 0.3) is 0 Å². The van der Waals surface area contributed by atoms with E-state index < -0.39 is 10.7 Å². The predicted octanol–water partition coefficient (Wildman–Crippen LogP) is 4.70. The number of benzene rings is 2. The SMILES string of the molecule is O=[N+]([O-])c1cc(Cl)c(F)cc1NCCc1ccc(Cl)cc1. The maximum Gasteiger partial charge on any atom is 0.294 e. The van der Waals surface area contributed by atoms with Crippen molar-refractivity contribution in [2.45, 2.75) is 6.42 Å². The van der Waals surface area contributed by atoms with Gasteiger partial charge < -0.3 is 5.32 Å².